The number of nitrogens with zero attached hydrogens (tertiary/aromatic N) is 4. The lowest BCUT2D eigenvalue weighted by molar-refractivity contribution is 0.894. The molecule has 1 aromatic carbocycles. The summed E-state index contributed by atoms with van der Waals surface area (Å²) in [6, 6.07) is 14.2. The Bertz CT molecular complexity index is 802. The molecule has 0 aliphatic heterocycles. The molecular weight excluding hydrogens is 324 g/mol. The zero-order chi connectivity index (χ0) is 18.2. The maximum atomic E-state index is 4.61. The summed E-state index contributed by atoms with van der Waals surface area (Å²) in [6.45, 7) is 1.67. The van der Waals surface area contributed by atoms with E-state index >= 15 is 0 Å². The molecule has 0 atom stereocenters. The number of hydrogen-bond donors (Lipinski definition) is 2. The molecule has 6 heteroatoms. The van der Waals surface area contributed by atoms with Crippen LogP contribution in [0.3, 0.4) is 0 Å². The Kier molecular flexibility index (Phi) is 5.98. The van der Waals surface area contributed by atoms with Crippen molar-refractivity contribution >= 4 is 17.3 Å². The average molecular weight is 348 g/mol. The van der Waals surface area contributed by atoms with Crippen LogP contribution in [0.5, 0.6) is 0 Å². The second-order valence-electron chi connectivity index (χ2n) is 6.16. The minimum Gasteiger partial charge on any atom is -0.384 e. The summed E-state index contributed by atoms with van der Waals surface area (Å²) in [4.78, 5) is 15.1. The van der Waals surface area contributed by atoms with E-state index in [0.29, 0.717) is 5.95 Å². The highest BCUT2D eigenvalue weighted by molar-refractivity contribution is 5.63. The smallest absolute Gasteiger partial charge is 0.223 e. The molecule has 26 heavy (non-hydrogen) atoms. The molecule has 0 unspecified atom stereocenters. The predicted molar refractivity (Wildman–Crippen MR) is 108 cm³/mol. The first-order chi connectivity index (χ1) is 12.7. The quantitative estimate of drug-likeness (QED) is 0.607. The molecule has 0 spiro atoms. The van der Waals surface area contributed by atoms with Gasteiger partial charge in [0.1, 0.15) is 0 Å². The monoisotopic (exact) mass is 348 g/mol. The highest BCUT2D eigenvalue weighted by Crippen LogP contribution is 2.21. The zero-order valence-electron chi connectivity index (χ0n) is 15.2. The number of aromatic nitrogens is 3. The second-order valence-corrected chi connectivity index (χ2v) is 6.16. The minimum atomic E-state index is 0.653. The zero-order valence-corrected chi connectivity index (χ0v) is 15.2. The van der Waals surface area contributed by atoms with Crippen molar-refractivity contribution in [3.63, 3.8) is 0 Å². The van der Waals surface area contributed by atoms with Crippen molar-refractivity contribution in [1.29, 1.82) is 0 Å². The van der Waals surface area contributed by atoms with E-state index in [1.54, 1.807) is 12.4 Å². The maximum Gasteiger partial charge on any atom is 0.223 e. The van der Waals surface area contributed by atoms with Gasteiger partial charge in [0, 0.05) is 57.0 Å². The van der Waals surface area contributed by atoms with E-state index in [2.05, 4.69) is 54.8 Å². The van der Waals surface area contributed by atoms with Crippen molar-refractivity contribution in [2.24, 2.45) is 0 Å². The molecule has 0 saturated carbocycles. The molecule has 0 saturated heterocycles. The van der Waals surface area contributed by atoms with Crippen LogP contribution in [0.2, 0.25) is 0 Å². The Labute approximate surface area is 154 Å². The summed E-state index contributed by atoms with van der Waals surface area (Å²) >= 11 is 0. The van der Waals surface area contributed by atoms with Gasteiger partial charge in [-0.3, -0.25) is 4.98 Å². The van der Waals surface area contributed by atoms with Gasteiger partial charge < -0.3 is 15.5 Å². The molecule has 0 bridgehead atoms. The lowest BCUT2D eigenvalue weighted by Gasteiger charge is -2.12. The van der Waals surface area contributed by atoms with Crippen molar-refractivity contribution in [1.82, 2.24) is 15.0 Å². The van der Waals surface area contributed by atoms with Crippen molar-refractivity contribution in [3.8, 4) is 11.3 Å². The third-order valence-corrected chi connectivity index (χ3v) is 3.96. The Morgan fingerprint density at radius 1 is 0.923 bits per heavy atom. The molecule has 0 amide bonds. The van der Waals surface area contributed by atoms with Crippen LogP contribution in [0.1, 0.15) is 6.42 Å². The fourth-order valence-electron chi connectivity index (χ4n) is 2.52. The van der Waals surface area contributed by atoms with Crippen molar-refractivity contribution < 1.29 is 0 Å². The van der Waals surface area contributed by atoms with Gasteiger partial charge >= 0.3 is 0 Å². The normalized spacial score (nSPS) is 10.4. The molecule has 0 aliphatic rings. The van der Waals surface area contributed by atoms with Gasteiger partial charge in [-0.15, -0.1) is 0 Å². The number of pyridine rings is 1. The summed E-state index contributed by atoms with van der Waals surface area (Å²) < 4.78 is 0. The summed E-state index contributed by atoms with van der Waals surface area (Å²) in [5.74, 6) is 0.653. The van der Waals surface area contributed by atoms with Gasteiger partial charge in [0.05, 0.1) is 11.4 Å². The molecule has 2 N–H and O–H groups in total. The fourth-order valence-corrected chi connectivity index (χ4v) is 2.52. The van der Waals surface area contributed by atoms with Crippen molar-refractivity contribution in [2.75, 3.05) is 42.7 Å². The minimum absolute atomic E-state index is 0.653. The van der Waals surface area contributed by atoms with Crippen LogP contribution in [0.15, 0.2) is 61.1 Å². The Balaban J connectivity index is 1.51. The highest BCUT2D eigenvalue weighted by Gasteiger charge is 2.03. The number of benzene rings is 1. The SMILES string of the molecule is CN(C)c1ccc(-c2ccnc(NCCCNc3cccnc3)n2)cc1. The summed E-state index contributed by atoms with van der Waals surface area (Å²) in [5.41, 5.74) is 4.20. The first kappa shape index (κ1) is 17.7. The van der Waals surface area contributed by atoms with E-state index in [1.807, 2.05) is 38.5 Å². The lowest BCUT2D eigenvalue weighted by Crippen LogP contribution is -2.11. The van der Waals surface area contributed by atoms with Crippen LogP contribution >= 0.6 is 0 Å². The largest absolute Gasteiger partial charge is 0.384 e. The molecule has 0 radical (unpaired) electrons. The number of rotatable bonds is 8. The Morgan fingerprint density at radius 2 is 1.73 bits per heavy atom. The first-order valence-electron chi connectivity index (χ1n) is 8.71. The van der Waals surface area contributed by atoms with Crippen LogP contribution in [0, 0.1) is 0 Å². The van der Waals surface area contributed by atoms with E-state index in [1.165, 1.54) is 5.69 Å². The number of hydrogen-bond acceptors (Lipinski definition) is 6. The molecule has 3 rings (SSSR count). The van der Waals surface area contributed by atoms with Gasteiger partial charge in [-0.1, -0.05) is 12.1 Å². The van der Waals surface area contributed by atoms with Gasteiger partial charge in [0.2, 0.25) is 5.95 Å². The van der Waals surface area contributed by atoms with Gasteiger partial charge in [-0.05, 0) is 36.8 Å². The van der Waals surface area contributed by atoms with E-state index in [-0.39, 0.29) is 0 Å². The van der Waals surface area contributed by atoms with Gasteiger partial charge in [-0.2, -0.15) is 0 Å². The predicted octanol–water partition coefficient (Wildman–Crippen LogP) is 3.52. The lowest BCUT2D eigenvalue weighted by atomic mass is 10.1. The standard InChI is InChI=1S/C20H24N6/c1-26(2)18-8-6-16(7-9-18)19-10-14-24-20(25-19)23-13-4-12-22-17-5-3-11-21-15-17/h3,5-11,14-15,22H,4,12-13H2,1-2H3,(H,23,24,25). The first-order valence-corrected chi connectivity index (χ1v) is 8.71. The van der Waals surface area contributed by atoms with Crippen LogP contribution in [-0.2, 0) is 0 Å². The number of anilines is 3. The summed E-state index contributed by atoms with van der Waals surface area (Å²) in [5, 5.41) is 6.62. The number of nitrogens with one attached hydrogen (secondary N) is 2. The summed E-state index contributed by atoms with van der Waals surface area (Å²) in [6.07, 6.45) is 6.34. The highest BCUT2D eigenvalue weighted by atomic mass is 15.1. The second kappa shape index (κ2) is 8.80. The molecule has 134 valence electrons. The Hall–Kier alpha value is -3.15. The third-order valence-electron chi connectivity index (χ3n) is 3.96. The van der Waals surface area contributed by atoms with E-state index in [9.17, 15) is 0 Å². The third kappa shape index (κ3) is 4.92. The molecule has 3 aromatic rings. The molecule has 6 nitrogen and oxygen atoms in total. The van der Waals surface area contributed by atoms with Crippen LogP contribution in [0.4, 0.5) is 17.3 Å². The van der Waals surface area contributed by atoms with E-state index < -0.39 is 0 Å². The molecule has 2 aromatic heterocycles. The van der Waals surface area contributed by atoms with Gasteiger partial charge in [-0.25, -0.2) is 9.97 Å². The fraction of sp³-hybridized carbons (Fsp3) is 0.250. The molecule has 0 fully saturated rings. The van der Waals surface area contributed by atoms with E-state index in [4.69, 9.17) is 0 Å². The van der Waals surface area contributed by atoms with Crippen LogP contribution < -0.4 is 15.5 Å². The van der Waals surface area contributed by atoms with E-state index in [0.717, 1.165) is 36.5 Å². The average Bonchev–Trinajstić information content (AvgIpc) is 2.69. The van der Waals surface area contributed by atoms with Crippen molar-refractivity contribution in [3.05, 3.63) is 61.1 Å². The van der Waals surface area contributed by atoms with Crippen LogP contribution in [0.25, 0.3) is 11.3 Å². The summed E-state index contributed by atoms with van der Waals surface area (Å²) in [7, 11) is 4.07. The Morgan fingerprint density at radius 3 is 2.46 bits per heavy atom. The van der Waals surface area contributed by atoms with Crippen molar-refractivity contribution in [2.45, 2.75) is 6.42 Å². The molecule has 0 aliphatic carbocycles. The topological polar surface area (TPSA) is 66.0 Å². The van der Waals surface area contributed by atoms with Gasteiger partial charge in [0.15, 0.2) is 0 Å². The molecular formula is C20H24N6. The molecule has 2 heterocycles. The van der Waals surface area contributed by atoms with Gasteiger partial charge in [0.25, 0.3) is 0 Å². The van der Waals surface area contributed by atoms with Crippen LogP contribution in [-0.4, -0.2) is 42.1 Å². The maximum absolute atomic E-state index is 4.61.